The quantitative estimate of drug-likeness (QED) is 0.368. The summed E-state index contributed by atoms with van der Waals surface area (Å²) >= 11 is 0. The van der Waals surface area contributed by atoms with Gasteiger partial charge in [0.2, 0.25) is 5.58 Å². The monoisotopic (exact) mass is 522 g/mol. The van der Waals surface area contributed by atoms with Gasteiger partial charge in [0, 0.05) is 18.1 Å². The number of hydrogen-bond donors (Lipinski definition) is 1. The molecule has 1 N–H and O–H groups in total. The number of oxazole rings is 1. The van der Waals surface area contributed by atoms with E-state index in [1.807, 2.05) is 0 Å². The van der Waals surface area contributed by atoms with E-state index in [0.29, 0.717) is 17.8 Å². The van der Waals surface area contributed by atoms with Crippen molar-refractivity contribution in [1.29, 1.82) is 0 Å². The first-order chi connectivity index (χ1) is 17.3. The first-order valence-corrected chi connectivity index (χ1v) is 11.8. The highest BCUT2D eigenvalue weighted by atomic mass is 19.4. The maximum absolute atomic E-state index is 13.3. The summed E-state index contributed by atoms with van der Waals surface area (Å²) in [6, 6.07) is 4.74. The average Bonchev–Trinajstić information content (AvgIpc) is 3.21. The number of hydrogen-bond acceptors (Lipinski definition) is 7. The number of ether oxygens (including phenoxy) is 2. The van der Waals surface area contributed by atoms with Gasteiger partial charge in [-0.15, -0.1) is 0 Å². The lowest BCUT2D eigenvalue weighted by atomic mass is 10.00. The lowest BCUT2D eigenvalue weighted by molar-refractivity contribution is -0.567. The van der Waals surface area contributed by atoms with Crippen molar-refractivity contribution in [1.82, 2.24) is 9.88 Å². The third-order valence-corrected chi connectivity index (χ3v) is 5.94. The molecule has 1 aliphatic heterocycles. The van der Waals surface area contributed by atoms with Gasteiger partial charge in [0.15, 0.2) is 0 Å². The predicted octanol–water partition coefficient (Wildman–Crippen LogP) is 5.28. The highest BCUT2D eigenvalue weighted by Gasteiger charge is 2.33. The Hall–Kier alpha value is -3.70. The Morgan fingerprint density at radius 2 is 2.00 bits per heavy atom. The Morgan fingerprint density at radius 1 is 1.27 bits per heavy atom. The van der Waals surface area contributed by atoms with Gasteiger partial charge in [-0.1, -0.05) is 0 Å². The number of anilines is 1. The molecule has 0 unspecified atom stereocenters. The molecule has 200 valence electrons. The third-order valence-electron chi connectivity index (χ3n) is 5.94. The molecule has 12 heteroatoms. The molecule has 1 atom stereocenters. The Balaban J connectivity index is 1.60. The Morgan fingerprint density at radius 3 is 2.65 bits per heavy atom. The van der Waals surface area contributed by atoms with E-state index in [1.54, 1.807) is 25.7 Å². The number of aryl methyl sites for hydroxylation is 1. The molecule has 1 aliphatic rings. The molecule has 2 aromatic heterocycles. The summed E-state index contributed by atoms with van der Waals surface area (Å²) in [7, 11) is 1.25. The van der Waals surface area contributed by atoms with Crippen molar-refractivity contribution >= 4 is 23.3 Å². The van der Waals surface area contributed by atoms with E-state index in [9.17, 15) is 23.2 Å². The number of fused-ring (bicyclic) bond motifs is 1. The van der Waals surface area contributed by atoms with Crippen LogP contribution < -0.4 is 14.8 Å². The van der Waals surface area contributed by atoms with E-state index in [1.165, 1.54) is 26.2 Å². The van der Waals surface area contributed by atoms with E-state index in [0.717, 1.165) is 25.0 Å². The van der Waals surface area contributed by atoms with Gasteiger partial charge in [0.1, 0.15) is 17.0 Å². The molecule has 9 nitrogen and oxygen atoms in total. The van der Waals surface area contributed by atoms with E-state index >= 15 is 0 Å². The second kappa shape index (κ2) is 9.64. The highest BCUT2D eigenvalue weighted by molar-refractivity contribution is 5.75. The van der Waals surface area contributed by atoms with Crippen molar-refractivity contribution in [3.63, 3.8) is 0 Å². The van der Waals surface area contributed by atoms with Crippen LogP contribution in [0.3, 0.4) is 0 Å². The van der Waals surface area contributed by atoms with Crippen molar-refractivity contribution < 1.29 is 36.6 Å². The molecule has 0 saturated carbocycles. The third kappa shape index (κ3) is 5.67. The zero-order valence-corrected chi connectivity index (χ0v) is 21.2. The van der Waals surface area contributed by atoms with Crippen molar-refractivity contribution in [2.24, 2.45) is 0 Å². The number of halogens is 3. The van der Waals surface area contributed by atoms with Crippen LogP contribution in [-0.4, -0.2) is 47.8 Å². The summed E-state index contributed by atoms with van der Waals surface area (Å²) in [5, 5.41) is 16.4. The lowest BCUT2D eigenvalue weighted by Gasteiger charge is -2.33. The number of rotatable bonds is 4. The van der Waals surface area contributed by atoms with Gasteiger partial charge < -0.3 is 29.3 Å². The maximum atomic E-state index is 13.3. The van der Waals surface area contributed by atoms with Crippen LogP contribution in [0.25, 0.3) is 22.5 Å². The maximum Gasteiger partial charge on any atom is 0.416 e. The number of nitrogens with one attached hydrogen (secondary N) is 1. The molecule has 37 heavy (non-hydrogen) atoms. The van der Waals surface area contributed by atoms with Crippen molar-refractivity contribution in [3.8, 4) is 17.0 Å². The molecular weight excluding hydrogens is 493 g/mol. The smallest absolute Gasteiger partial charge is 0.416 e. The van der Waals surface area contributed by atoms with Crippen LogP contribution in [0.1, 0.15) is 44.7 Å². The number of amides is 1. The molecule has 0 aliphatic carbocycles. The highest BCUT2D eigenvalue weighted by Crippen LogP contribution is 2.39. The van der Waals surface area contributed by atoms with Crippen molar-refractivity contribution in [3.05, 3.63) is 40.6 Å². The minimum atomic E-state index is -4.56. The second-order valence-electron chi connectivity index (χ2n) is 10.00. The van der Waals surface area contributed by atoms with Crippen LogP contribution in [0.5, 0.6) is 5.75 Å². The minimum Gasteiger partial charge on any atom is -0.710 e. The van der Waals surface area contributed by atoms with E-state index in [4.69, 9.17) is 13.9 Å². The summed E-state index contributed by atoms with van der Waals surface area (Å²) in [6.07, 6.45) is -3.46. The number of methoxy groups -OCH3 is 1. The van der Waals surface area contributed by atoms with E-state index in [2.05, 4.69) is 10.3 Å². The molecule has 1 saturated heterocycles. The van der Waals surface area contributed by atoms with E-state index in [-0.39, 0.29) is 45.9 Å². The molecule has 0 spiro atoms. The zero-order valence-electron chi connectivity index (χ0n) is 21.2. The van der Waals surface area contributed by atoms with Gasteiger partial charge in [-0.05, 0) is 70.4 Å². The van der Waals surface area contributed by atoms with E-state index < -0.39 is 23.4 Å². The fourth-order valence-corrected chi connectivity index (χ4v) is 4.33. The molecule has 3 heterocycles. The molecular formula is C25H29F3N4O5. The van der Waals surface area contributed by atoms with Gasteiger partial charge in [0.25, 0.3) is 0 Å². The Bertz CT molecular complexity index is 1320. The topological polar surface area (TPSA) is 104 Å². The SMILES string of the molecule is COc1cc(C(F)(F)F)cc(C)c1-c1ccc2oc(N[C@@H]3CCCN(C(=O)OC(C)(C)C)C3)nc2[n+]1[O-]. The van der Waals surface area contributed by atoms with Gasteiger partial charge in [-0.3, -0.25) is 0 Å². The molecule has 3 aromatic rings. The summed E-state index contributed by atoms with van der Waals surface area (Å²) in [5.74, 6) is -0.0810. The normalized spacial score (nSPS) is 16.6. The van der Waals surface area contributed by atoms with Crippen LogP contribution in [-0.2, 0) is 10.9 Å². The number of carbonyl (C=O) groups is 1. The minimum absolute atomic E-state index is 0.0406. The molecule has 1 fully saturated rings. The fraction of sp³-hybridized carbons (Fsp3) is 0.480. The first kappa shape index (κ1) is 26.4. The average molecular weight is 523 g/mol. The Kier molecular flexibility index (Phi) is 6.87. The summed E-state index contributed by atoms with van der Waals surface area (Å²) < 4.78 is 56.7. The van der Waals surface area contributed by atoms with Gasteiger partial charge in [-0.25, -0.2) is 9.52 Å². The molecule has 0 bridgehead atoms. The van der Waals surface area contributed by atoms with Crippen LogP contribution >= 0.6 is 0 Å². The van der Waals surface area contributed by atoms with Gasteiger partial charge in [-0.2, -0.15) is 13.2 Å². The predicted molar refractivity (Wildman–Crippen MR) is 129 cm³/mol. The number of aromatic nitrogens is 2. The summed E-state index contributed by atoms with van der Waals surface area (Å²) in [4.78, 5) is 18.3. The molecule has 4 rings (SSSR count). The second-order valence-corrected chi connectivity index (χ2v) is 10.00. The van der Waals surface area contributed by atoms with Crippen LogP contribution in [0.2, 0.25) is 0 Å². The van der Waals surface area contributed by atoms with Crippen LogP contribution in [0.15, 0.2) is 28.7 Å². The van der Waals surface area contributed by atoms with Crippen molar-refractivity contribution in [2.75, 3.05) is 25.5 Å². The molecule has 1 aromatic carbocycles. The number of nitrogens with zero attached hydrogens (tertiary/aromatic N) is 3. The standard InChI is InChI=1S/C25H29F3N4O5/c1-14-11-15(25(26,27)28)12-19(35-5)20(14)17-8-9-18-21(32(17)34)30-22(36-18)29-16-7-6-10-31(13-16)23(33)37-24(2,3)4/h8-9,11-12,16H,6-7,10,13H2,1-5H3,(H,29,30)/t16-/m1/s1. The fourth-order valence-electron chi connectivity index (χ4n) is 4.33. The number of benzene rings is 1. The lowest BCUT2D eigenvalue weighted by Crippen LogP contribution is -2.47. The number of pyridine rings is 1. The Labute approximate surface area is 211 Å². The van der Waals surface area contributed by atoms with Gasteiger partial charge in [0.05, 0.1) is 24.3 Å². The molecule has 0 radical (unpaired) electrons. The molecule has 1 amide bonds. The number of carbonyl (C=O) groups excluding carboxylic acids is 1. The summed E-state index contributed by atoms with van der Waals surface area (Å²) in [6.45, 7) is 7.83. The summed E-state index contributed by atoms with van der Waals surface area (Å²) in [5.41, 5.74) is -0.794. The van der Waals surface area contributed by atoms with Crippen LogP contribution in [0.4, 0.5) is 24.0 Å². The van der Waals surface area contributed by atoms with Crippen molar-refractivity contribution in [2.45, 2.75) is 58.4 Å². The number of likely N-dealkylation sites (tertiary alicyclic amines) is 1. The van der Waals surface area contributed by atoms with Gasteiger partial charge >= 0.3 is 23.9 Å². The number of piperidine rings is 1. The number of alkyl halides is 3. The first-order valence-electron chi connectivity index (χ1n) is 11.8. The zero-order chi connectivity index (χ0) is 27.1. The largest absolute Gasteiger partial charge is 0.710 e. The van der Waals surface area contributed by atoms with Crippen LogP contribution in [0, 0.1) is 12.1 Å².